The highest BCUT2D eigenvalue weighted by molar-refractivity contribution is 5.52. The highest BCUT2D eigenvalue weighted by Gasteiger charge is 1.97. The zero-order chi connectivity index (χ0) is 13.2. The maximum atomic E-state index is 3.56. The first-order valence-corrected chi connectivity index (χ1v) is 7.55. The smallest absolute Gasteiger partial charge is 0.0372 e. The molecule has 1 N–H and O–H groups in total. The summed E-state index contributed by atoms with van der Waals surface area (Å²) in [5, 5.41) is 3.56. The molecule has 0 spiro atoms. The van der Waals surface area contributed by atoms with Gasteiger partial charge in [0.15, 0.2) is 0 Å². The Morgan fingerprint density at radius 2 is 1.56 bits per heavy atom. The lowest BCUT2D eigenvalue weighted by atomic mass is 10.1. The Morgan fingerprint density at radius 3 is 2.28 bits per heavy atom. The van der Waals surface area contributed by atoms with Crippen molar-refractivity contribution >= 4 is 5.69 Å². The minimum Gasteiger partial charge on any atom is -0.385 e. The average molecular weight is 247 g/mol. The lowest BCUT2D eigenvalue weighted by Gasteiger charge is -2.10. The molecule has 1 aromatic carbocycles. The van der Waals surface area contributed by atoms with Crippen LogP contribution in [0.1, 0.15) is 63.0 Å². The van der Waals surface area contributed by atoms with Crippen LogP contribution in [0, 0.1) is 13.8 Å². The van der Waals surface area contributed by atoms with Gasteiger partial charge in [-0.1, -0.05) is 57.6 Å². The number of benzene rings is 1. The molecule has 0 aliphatic rings. The van der Waals surface area contributed by atoms with Crippen molar-refractivity contribution in [3.8, 4) is 0 Å². The van der Waals surface area contributed by atoms with E-state index in [9.17, 15) is 0 Å². The van der Waals surface area contributed by atoms with Crippen LogP contribution in [0.4, 0.5) is 5.69 Å². The molecule has 1 aromatic rings. The molecule has 1 nitrogen and oxygen atoms in total. The van der Waals surface area contributed by atoms with Crippen molar-refractivity contribution in [3.63, 3.8) is 0 Å². The number of hydrogen-bond acceptors (Lipinski definition) is 1. The Balaban J connectivity index is 2.09. The van der Waals surface area contributed by atoms with E-state index in [2.05, 4.69) is 44.3 Å². The minimum absolute atomic E-state index is 1.11. The third kappa shape index (κ3) is 6.09. The topological polar surface area (TPSA) is 12.0 Å². The number of hydrogen-bond donors (Lipinski definition) is 1. The fourth-order valence-corrected chi connectivity index (χ4v) is 2.23. The Kier molecular flexibility index (Phi) is 7.55. The van der Waals surface area contributed by atoms with Crippen LogP contribution >= 0.6 is 0 Å². The molecule has 102 valence electrons. The van der Waals surface area contributed by atoms with E-state index in [1.54, 1.807) is 0 Å². The molecular weight excluding hydrogens is 218 g/mol. The molecule has 0 unspecified atom stereocenters. The van der Waals surface area contributed by atoms with E-state index in [1.165, 1.54) is 61.8 Å². The van der Waals surface area contributed by atoms with Crippen molar-refractivity contribution in [3.05, 3.63) is 29.3 Å². The van der Waals surface area contributed by atoms with Gasteiger partial charge in [-0.15, -0.1) is 0 Å². The van der Waals surface area contributed by atoms with Crippen LogP contribution in [0.2, 0.25) is 0 Å². The summed E-state index contributed by atoms with van der Waals surface area (Å²) in [6, 6.07) is 6.62. The van der Waals surface area contributed by atoms with E-state index in [-0.39, 0.29) is 0 Å². The number of anilines is 1. The average Bonchev–Trinajstić information content (AvgIpc) is 2.36. The van der Waals surface area contributed by atoms with Gasteiger partial charge in [-0.25, -0.2) is 0 Å². The zero-order valence-electron chi connectivity index (χ0n) is 12.4. The molecule has 0 saturated heterocycles. The summed E-state index contributed by atoms with van der Waals surface area (Å²) in [6.07, 6.45) is 9.63. The van der Waals surface area contributed by atoms with Crippen molar-refractivity contribution in [2.75, 3.05) is 11.9 Å². The predicted molar refractivity (Wildman–Crippen MR) is 82.4 cm³/mol. The maximum Gasteiger partial charge on any atom is 0.0372 e. The van der Waals surface area contributed by atoms with Gasteiger partial charge in [0.2, 0.25) is 0 Å². The van der Waals surface area contributed by atoms with Crippen LogP contribution in [0.3, 0.4) is 0 Å². The quantitative estimate of drug-likeness (QED) is 0.571. The molecular formula is C17H29N. The molecule has 0 fully saturated rings. The zero-order valence-corrected chi connectivity index (χ0v) is 12.4. The molecule has 0 amide bonds. The van der Waals surface area contributed by atoms with Gasteiger partial charge in [-0.3, -0.25) is 0 Å². The first-order valence-electron chi connectivity index (χ1n) is 7.55. The molecule has 0 bridgehead atoms. The molecule has 0 radical (unpaired) electrons. The molecule has 0 atom stereocenters. The van der Waals surface area contributed by atoms with Gasteiger partial charge in [-0.2, -0.15) is 0 Å². The summed E-state index contributed by atoms with van der Waals surface area (Å²) >= 11 is 0. The van der Waals surface area contributed by atoms with Gasteiger partial charge in [0.25, 0.3) is 0 Å². The SMILES string of the molecule is CCCCCCCCCNc1cc(C)ccc1C. The van der Waals surface area contributed by atoms with Crippen LogP contribution in [-0.4, -0.2) is 6.54 Å². The molecule has 0 heterocycles. The highest BCUT2D eigenvalue weighted by atomic mass is 14.9. The van der Waals surface area contributed by atoms with Crippen molar-refractivity contribution in [2.45, 2.75) is 65.7 Å². The largest absolute Gasteiger partial charge is 0.385 e. The summed E-state index contributed by atoms with van der Waals surface area (Å²) < 4.78 is 0. The van der Waals surface area contributed by atoms with Crippen molar-refractivity contribution in [1.29, 1.82) is 0 Å². The molecule has 1 rings (SSSR count). The van der Waals surface area contributed by atoms with E-state index >= 15 is 0 Å². The molecule has 0 aliphatic heterocycles. The van der Waals surface area contributed by atoms with E-state index in [0.717, 1.165) is 6.54 Å². The lowest BCUT2D eigenvalue weighted by Crippen LogP contribution is -2.03. The van der Waals surface area contributed by atoms with Crippen LogP contribution in [-0.2, 0) is 0 Å². The van der Waals surface area contributed by atoms with E-state index in [4.69, 9.17) is 0 Å². The number of nitrogens with one attached hydrogen (secondary N) is 1. The summed E-state index contributed by atoms with van der Waals surface area (Å²) in [4.78, 5) is 0. The second kappa shape index (κ2) is 9.02. The summed E-state index contributed by atoms with van der Waals surface area (Å²) in [5.74, 6) is 0. The number of aryl methyl sites for hydroxylation is 2. The lowest BCUT2D eigenvalue weighted by molar-refractivity contribution is 0.596. The Bertz CT molecular complexity index is 330. The van der Waals surface area contributed by atoms with Gasteiger partial charge >= 0.3 is 0 Å². The number of rotatable bonds is 9. The van der Waals surface area contributed by atoms with Gasteiger partial charge in [0, 0.05) is 12.2 Å². The third-order valence-electron chi connectivity index (χ3n) is 3.49. The summed E-state index contributed by atoms with van der Waals surface area (Å²) in [6.45, 7) is 7.71. The maximum absolute atomic E-state index is 3.56. The van der Waals surface area contributed by atoms with Crippen molar-refractivity contribution in [2.24, 2.45) is 0 Å². The third-order valence-corrected chi connectivity index (χ3v) is 3.49. The van der Waals surface area contributed by atoms with E-state index in [1.807, 2.05) is 0 Å². The molecule has 0 saturated carbocycles. The Labute approximate surface area is 113 Å². The summed E-state index contributed by atoms with van der Waals surface area (Å²) in [5.41, 5.74) is 3.99. The van der Waals surface area contributed by atoms with E-state index < -0.39 is 0 Å². The first-order chi connectivity index (χ1) is 8.74. The van der Waals surface area contributed by atoms with Gasteiger partial charge in [-0.05, 0) is 37.5 Å². The highest BCUT2D eigenvalue weighted by Crippen LogP contribution is 2.16. The predicted octanol–water partition coefficient (Wildman–Crippen LogP) is 5.47. The summed E-state index contributed by atoms with van der Waals surface area (Å²) in [7, 11) is 0. The molecule has 18 heavy (non-hydrogen) atoms. The standard InChI is InChI=1S/C17H29N/c1-4-5-6-7-8-9-10-13-18-17-14-15(2)11-12-16(17)3/h11-12,14,18H,4-10,13H2,1-3H3. The molecule has 0 aromatic heterocycles. The van der Waals surface area contributed by atoms with Gasteiger partial charge in [0.1, 0.15) is 0 Å². The van der Waals surface area contributed by atoms with Gasteiger partial charge in [0.05, 0.1) is 0 Å². The van der Waals surface area contributed by atoms with Crippen LogP contribution in [0.5, 0.6) is 0 Å². The Hall–Kier alpha value is -0.980. The fourth-order valence-electron chi connectivity index (χ4n) is 2.23. The number of unbranched alkanes of at least 4 members (excludes halogenated alkanes) is 6. The van der Waals surface area contributed by atoms with Crippen molar-refractivity contribution < 1.29 is 0 Å². The van der Waals surface area contributed by atoms with Crippen LogP contribution in [0.15, 0.2) is 18.2 Å². The Morgan fingerprint density at radius 1 is 0.889 bits per heavy atom. The fraction of sp³-hybridized carbons (Fsp3) is 0.647. The van der Waals surface area contributed by atoms with Gasteiger partial charge < -0.3 is 5.32 Å². The van der Waals surface area contributed by atoms with Crippen LogP contribution in [0.25, 0.3) is 0 Å². The molecule has 0 aliphatic carbocycles. The second-order valence-electron chi connectivity index (χ2n) is 5.37. The van der Waals surface area contributed by atoms with Crippen LogP contribution < -0.4 is 5.32 Å². The van der Waals surface area contributed by atoms with E-state index in [0.29, 0.717) is 0 Å². The molecule has 1 heteroatoms. The monoisotopic (exact) mass is 247 g/mol. The second-order valence-corrected chi connectivity index (χ2v) is 5.37. The van der Waals surface area contributed by atoms with Crippen molar-refractivity contribution in [1.82, 2.24) is 0 Å². The minimum atomic E-state index is 1.11. The normalized spacial score (nSPS) is 10.6. The first kappa shape index (κ1) is 15.1.